The Morgan fingerprint density at radius 2 is 2.06 bits per heavy atom. The molecule has 0 saturated carbocycles. The molecule has 0 bridgehead atoms. The van der Waals surface area contributed by atoms with Crippen molar-refractivity contribution in [3.63, 3.8) is 0 Å². The number of carbonyl (C=O) groups is 1. The van der Waals surface area contributed by atoms with Gasteiger partial charge in [-0.1, -0.05) is 36.4 Å². The summed E-state index contributed by atoms with van der Waals surface area (Å²) < 4.78 is 0. The van der Waals surface area contributed by atoms with Crippen LogP contribution in [-0.2, 0) is 16.1 Å². The third kappa shape index (κ3) is 1.68. The number of hydrogen-bond donors (Lipinski definition) is 1. The van der Waals surface area contributed by atoms with Gasteiger partial charge in [-0.3, -0.25) is 4.79 Å². The van der Waals surface area contributed by atoms with Gasteiger partial charge in [-0.05, 0) is 28.3 Å². The van der Waals surface area contributed by atoms with Crippen LogP contribution in [0.4, 0.5) is 0 Å². The molecule has 0 amide bonds. The minimum atomic E-state index is -0.312. The minimum absolute atomic E-state index is 0.0694. The lowest BCUT2D eigenvalue weighted by Crippen LogP contribution is -2.23. The van der Waals surface area contributed by atoms with Crippen LogP contribution >= 0.6 is 0 Å². The fourth-order valence-corrected chi connectivity index (χ4v) is 2.50. The van der Waals surface area contributed by atoms with Crippen LogP contribution in [0.5, 0.6) is 0 Å². The van der Waals surface area contributed by atoms with Gasteiger partial charge in [-0.25, -0.2) is 0 Å². The molecule has 0 heterocycles. The molecular formula is C14H13NO2. The van der Waals surface area contributed by atoms with Gasteiger partial charge < -0.3 is 4.84 Å². The van der Waals surface area contributed by atoms with Gasteiger partial charge in [0.15, 0.2) is 0 Å². The lowest BCUT2D eigenvalue weighted by atomic mass is 10.1. The van der Waals surface area contributed by atoms with Crippen molar-refractivity contribution in [2.45, 2.75) is 19.4 Å². The Morgan fingerprint density at radius 3 is 2.82 bits per heavy atom. The molecule has 1 aliphatic rings. The van der Waals surface area contributed by atoms with Crippen LogP contribution in [0, 0.1) is 0 Å². The molecule has 0 aliphatic heterocycles. The van der Waals surface area contributed by atoms with E-state index in [4.69, 9.17) is 4.84 Å². The summed E-state index contributed by atoms with van der Waals surface area (Å²) in [5.74, 6) is -0.312. The molecule has 1 atom stereocenters. The molecule has 3 heteroatoms. The van der Waals surface area contributed by atoms with E-state index in [9.17, 15) is 4.79 Å². The Balaban J connectivity index is 2.01. The maximum atomic E-state index is 10.8. The van der Waals surface area contributed by atoms with Crippen LogP contribution in [0.2, 0.25) is 0 Å². The molecule has 1 unspecified atom stereocenters. The van der Waals surface area contributed by atoms with Crippen LogP contribution in [0.15, 0.2) is 36.4 Å². The van der Waals surface area contributed by atoms with Gasteiger partial charge in [-0.2, -0.15) is 0 Å². The minimum Gasteiger partial charge on any atom is -0.370 e. The molecule has 3 rings (SSSR count). The Morgan fingerprint density at radius 1 is 1.29 bits per heavy atom. The van der Waals surface area contributed by atoms with Gasteiger partial charge >= 0.3 is 5.97 Å². The number of hydrogen-bond acceptors (Lipinski definition) is 3. The first kappa shape index (κ1) is 10.3. The van der Waals surface area contributed by atoms with Gasteiger partial charge in [-0.15, -0.1) is 5.48 Å². The molecule has 0 aromatic heterocycles. The maximum absolute atomic E-state index is 10.8. The molecule has 17 heavy (non-hydrogen) atoms. The van der Waals surface area contributed by atoms with Crippen molar-refractivity contribution < 1.29 is 9.63 Å². The Labute approximate surface area is 99.3 Å². The lowest BCUT2D eigenvalue weighted by Gasteiger charge is -2.12. The molecule has 3 nitrogen and oxygen atoms in total. The second kappa shape index (κ2) is 3.86. The molecule has 86 valence electrons. The Kier molecular flexibility index (Phi) is 2.34. The van der Waals surface area contributed by atoms with Crippen molar-refractivity contribution in [3.05, 3.63) is 47.5 Å². The van der Waals surface area contributed by atoms with Crippen LogP contribution in [0.25, 0.3) is 10.8 Å². The van der Waals surface area contributed by atoms with Crippen molar-refractivity contribution in [1.29, 1.82) is 0 Å². The van der Waals surface area contributed by atoms with Gasteiger partial charge in [0.05, 0.1) is 6.04 Å². The summed E-state index contributed by atoms with van der Waals surface area (Å²) in [6.07, 6.45) is 0.865. The van der Waals surface area contributed by atoms with E-state index in [1.54, 1.807) is 0 Å². The molecule has 2 aromatic carbocycles. The molecule has 1 aliphatic carbocycles. The predicted molar refractivity (Wildman–Crippen MR) is 65.3 cm³/mol. The van der Waals surface area contributed by atoms with Crippen molar-refractivity contribution in [1.82, 2.24) is 5.48 Å². The fourth-order valence-electron chi connectivity index (χ4n) is 2.50. The average molecular weight is 227 g/mol. The van der Waals surface area contributed by atoms with Crippen molar-refractivity contribution in [2.75, 3.05) is 0 Å². The summed E-state index contributed by atoms with van der Waals surface area (Å²) in [7, 11) is 0. The number of benzene rings is 2. The molecule has 2 aromatic rings. The highest BCUT2D eigenvalue weighted by Gasteiger charge is 2.24. The molecule has 0 fully saturated rings. The van der Waals surface area contributed by atoms with E-state index in [-0.39, 0.29) is 12.0 Å². The van der Waals surface area contributed by atoms with Crippen LogP contribution in [0.1, 0.15) is 24.1 Å². The predicted octanol–water partition coefficient (Wildman–Crippen LogP) is 2.50. The Hall–Kier alpha value is -1.87. The van der Waals surface area contributed by atoms with Crippen molar-refractivity contribution in [3.8, 4) is 0 Å². The zero-order valence-electron chi connectivity index (χ0n) is 9.57. The SMILES string of the molecule is CC(=O)ONC1Cc2cccc3cccc1c23. The number of carbonyl (C=O) groups excluding carboxylic acids is 1. The first-order chi connectivity index (χ1) is 8.25. The molecule has 1 N–H and O–H groups in total. The van der Waals surface area contributed by atoms with E-state index in [1.165, 1.54) is 28.8 Å². The molecule has 0 spiro atoms. The highest BCUT2D eigenvalue weighted by atomic mass is 16.7. The second-order valence-electron chi connectivity index (χ2n) is 4.33. The number of rotatable bonds is 2. The van der Waals surface area contributed by atoms with Gasteiger partial charge in [0.25, 0.3) is 0 Å². The first-order valence-electron chi connectivity index (χ1n) is 5.69. The largest absolute Gasteiger partial charge is 0.370 e. The number of nitrogens with one attached hydrogen (secondary N) is 1. The molecule has 0 saturated heterocycles. The zero-order valence-corrected chi connectivity index (χ0v) is 9.57. The van der Waals surface area contributed by atoms with Crippen molar-refractivity contribution >= 4 is 16.7 Å². The van der Waals surface area contributed by atoms with Gasteiger partial charge in [0.1, 0.15) is 0 Å². The monoisotopic (exact) mass is 227 g/mol. The van der Waals surface area contributed by atoms with Crippen molar-refractivity contribution in [2.24, 2.45) is 0 Å². The molecular weight excluding hydrogens is 214 g/mol. The van der Waals surface area contributed by atoms with E-state index < -0.39 is 0 Å². The van der Waals surface area contributed by atoms with E-state index in [0.29, 0.717) is 0 Å². The summed E-state index contributed by atoms with van der Waals surface area (Å²) in [5, 5.41) is 2.53. The highest BCUT2D eigenvalue weighted by Crippen LogP contribution is 2.36. The van der Waals surface area contributed by atoms with Crippen LogP contribution in [0.3, 0.4) is 0 Å². The van der Waals surface area contributed by atoms with Crippen LogP contribution in [-0.4, -0.2) is 5.97 Å². The standard InChI is InChI=1S/C14H13NO2/c1-9(16)17-15-13-8-11-6-2-4-10-5-3-7-12(13)14(10)11/h2-7,13,15H,8H2,1H3. The average Bonchev–Trinajstić information content (AvgIpc) is 2.68. The summed E-state index contributed by atoms with van der Waals surface area (Å²) in [4.78, 5) is 15.7. The topological polar surface area (TPSA) is 38.3 Å². The summed E-state index contributed by atoms with van der Waals surface area (Å²) in [6, 6.07) is 12.6. The Bertz CT molecular complexity index is 587. The normalized spacial score (nSPS) is 17.4. The third-order valence-corrected chi connectivity index (χ3v) is 3.17. The van der Waals surface area contributed by atoms with Crippen LogP contribution < -0.4 is 5.48 Å². The molecule has 0 radical (unpaired) electrons. The lowest BCUT2D eigenvalue weighted by molar-refractivity contribution is -0.150. The quantitative estimate of drug-likeness (QED) is 0.801. The van der Waals surface area contributed by atoms with E-state index in [2.05, 4.69) is 35.8 Å². The summed E-state index contributed by atoms with van der Waals surface area (Å²) in [6.45, 7) is 1.40. The number of hydroxylamine groups is 1. The van der Waals surface area contributed by atoms with E-state index in [1.807, 2.05) is 6.07 Å². The van der Waals surface area contributed by atoms with E-state index in [0.717, 1.165) is 6.42 Å². The maximum Gasteiger partial charge on any atom is 0.321 e. The van der Waals surface area contributed by atoms with Gasteiger partial charge in [0.2, 0.25) is 0 Å². The summed E-state index contributed by atoms with van der Waals surface area (Å²) in [5.41, 5.74) is 5.35. The first-order valence-corrected chi connectivity index (χ1v) is 5.69. The zero-order chi connectivity index (χ0) is 11.8. The third-order valence-electron chi connectivity index (χ3n) is 3.17. The fraction of sp³-hybridized carbons (Fsp3) is 0.214. The highest BCUT2D eigenvalue weighted by molar-refractivity contribution is 5.91. The second-order valence-corrected chi connectivity index (χ2v) is 4.33. The smallest absolute Gasteiger partial charge is 0.321 e. The summed E-state index contributed by atoms with van der Waals surface area (Å²) >= 11 is 0. The van der Waals surface area contributed by atoms with E-state index >= 15 is 0 Å². The van der Waals surface area contributed by atoms with Gasteiger partial charge in [0, 0.05) is 6.92 Å².